The molecule has 2 aromatic carbocycles. The topological polar surface area (TPSA) is 27.3 Å². The average molecular weight is 354 g/mol. The Morgan fingerprint density at radius 2 is 1.72 bits per heavy atom. The lowest BCUT2D eigenvalue weighted by atomic mass is 10.1. The van der Waals surface area contributed by atoms with Crippen LogP contribution in [0.1, 0.15) is 42.5 Å². The molecule has 0 radical (unpaired) electrons. The van der Waals surface area contributed by atoms with Crippen LogP contribution in [0.3, 0.4) is 0 Å². The number of hydrogen-bond donors (Lipinski definition) is 2. The van der Waals surface area contributed by atoms with Crippen LogP contribution in [0.2, 0.25) is 0 Å². The first-order valence-corrected chi connectivity index (χ1v) is 9.43. The third kappa shape index (κ3) is 4.51. The van der Waals surface area contributed by atoms with Crippen LogP contribution in [-0.4, -0.2) is 18.2 Å². The van der Waals surface area contributed by atoms with Crippen molar-refractivity contribution in [1.82, 2.24) is 5.32 Å². The maximum Gasteiger partial charge on any atom is 0.171 e. The van der Waals surface area contributed by atoms with Crippen molar-refractivity contribution >= 4 is 28.7 Å². The van der Waals surface area contributed by atoms with Gasteiger partial charge < -0.3 is 15.5 Å². The Balaban J connectivity index is 1.60. The monoisotopic (exact) mass is 353 g/mol. The van der Waals surface area contributed by atoms with E-state index in [1.165, 1.54) is 48.3 Å². The molecule has 1 heterocycles. The molecule has 4 heteroatoms. The van der Waals surface area contributed by atoms with E-state index in [0.29, 0.717) is 5.11 Å². The van der Waals surface area contributed by atoms with Crippen LogP contribution < -0.4 is 15.5 Å². The van der Waals surface area contributed by atoms with Gasteiger partial charge in [-0.1, -0.05) is 24.3 Å². The molecule has 1 atom stereocenters. The first-order chi connectivity index (χ1) is 12.0. The molecule has 0 spiro atoms. The summed E-state index contributed by atoms with van der Waals surface area (Å²) in [4.78, 5) is 2.45. The number of anilines is 2. The van der Waals surface area contributed by atoms with E-state index in [9.17, 15) is 0 Å². The fourth-order valence-corrected chi connectivity index (χ4v) is 3.54. The summed E-state index contributed by atoms with van der Waals surface area (Å²) in [6.45, 7) is 8.67. The van der Waals surface area contributed by atoms with Crippen LogP contribution in [0.25, 0.3) is 0 Å². The second-order valence-corrected chi connectivity index (χ2v) is 7.33. The Morgan fingerprint density at radius 1 is 1.04 bits per heavy atom. The van der Waals surface area contributed by atoms with Crippen molar-refractivity contribution in [1.29, 1.82) is 0 Å². The molecule has 2 aromatic rings. The molecule has 1 aliphatic heterocycles. The van der Waals surface area contributed by atoms with Gasteiger partial charge in [-0.25, -0.2) is 0 Å². The van der Waals surface area contributed by atoms with Crippen molar-refractivity contribution in [2.45, 2.75) is 39.7 Å². The molecule has 132 valence electrons. The molecule has 0 amide bonds. The van der Waals surface area contributed by atoms with Crippen molar-refractivity contribution < 1.29 is 0 Å². The Morgan fingerprint density at radius 3 is 2.40 bits per heavy atom. The van der Waals surface area contributed by atoms with Gasteiger partial charge in [0.05, 0.1) is 6.04 Å². The van der Waals surface area contributed by atoms with Crippen molar-refractivity contribution in [2.75, 3.05) is 23.3 Å². The Labute approximate surface area is 156 Å². The van der Waals surface area contributed by atoms with Crippen molar-refractivity contribution in [3.8, 4) is 0 Å². The third-order valence-electron chi connectivity index (χ3n) is 4.85. The molecule has 0 bridgehead atoms. The van der Waals surface area contributed by atoms with Crippen LogP contribution in [0.4, 0.5) is 11.4 Å². The minimum absolute atomic E-state index is 0.165. The molecule has 3 rings (SSSR count). The summed E-state index contributed by atoms with van der Waals surface area (Å²) in [7, 11) is 0. The number of benzene rings is 2. The highest BCUT2D eigenvalue weighted by molar-refractivity contribution is 7.80. The smallest absolute Gasteiger partial charge is 0.171 e. The van der Waals surface area contributed by atoms with E-state index in [1.807, 2.05) is 0 Å². The summed E-state index contributed by atoms with van der Waals surface area (Å²) in [6, 6.07) is 15.4. The van der Waals surface area contributed by atoms with Crippen LogP contribution in [-0.2, 0) is 0 Å². The normalized spacial score (nSPS) is 15.1. The maximum atomic E-state index is 5.50. The molecule has 0 saturated carbocycles. The lowest BCUT2D eigenvalue weighted by molar-refractivity contribution is 0.722. The van der Waals surface area contributed by atoms with Crippen molar-refractivity contribution in [3.05, 3.63) is 59.2 Å². The molecule has 25 heavy (non-hydrogen) atoms. The summed E-state index contributed by atoms with van der Waals surface area (Å²) in [5.41, 5.74) is 6.05. The zero-order valence-corrected chi connectivity index (χ0v) is 16.1. The SMILES string of the molecule is Cc1ccc(C)c(NC(=S)N[C@@H](C)c2ccc(N3CCCC3)cc2)c1. The van der Waals surface area contributed by atoms with Gasteiger partial charge in [-0.3, -0.25) is 0 Å². The molecular weight excluding hydrogens is 326 g/mol. The van der Waals surface area contributed by atoms with Crippen LogP contribution in [0, 0.1) is 13.8 Å². The number of nitrogens with one attached hydrogen (secondary N) is 2. The van der Waals surface area contributed by atoms with Gasteiger partial charge >= 0.3 is 0 Å². The highest BCUT2D eigenvalue weighted by atomic mass is 32.1. The maximum absolute atomic E-state index is 5.50. The molecule has 0 aromatic heterocycles. The quantitative estimate of drug-likeness (QED) is 0.761. The van der Waals surface area contributed by atoms with Crippen molar-refractivity contribution in [2.24, 2.45) is 0 Å². The zero-order valence-electron chi connectivity index (χ0n) is 15.3. The second-order valence-electron chi connectivity index (χ2n) is 6.92. The molecule has 0 unspecified atom stereocenters. The predicted molar refractivity (Wildman–Crippen MR) is 112 cm³/mol. The molecule has 3 nitrogen and oxygen atoms in total. The lowest BCUT2D eigenvalue weighted by Crippen LogP contribution is -2.31. The molecule has 1 aliphatic rings. The highest BCUT2D eigenvalue weighted by Crippen LogP contribution is 2.23. The van der Waals surface area contributed by atoms with Crippen molar-refractivity contribution in [3.63, 3.8) is 0 Å². The fraction of sp³-hybridized carbons (Fsp3) is 0.381. The van der Waals surface area contributed by atoms with Crippen LogP contribution >= 0.6 is 12.2 Å². The van der Waals surface area contributed by atoms with E-state index < -0.39 is 0 Å². The van der Waals surface area contributed by atoms with E-state index in [-0.39, 0.29) is 6.04 Å². The van der Waals surface area contributed by atoms with E-state index in [1.54, 1.807) is 0 Å². The first kappa shape index (κ1) is 17.7. The zero-order chi connectivity index (χ0) is 17.8. The number of rotatable bonds is 4. The number of aryl methyl sites for hydroxylation is 2. The summed E-state index contributed by atoms with van der Waals surface area (Å²) >= 11 is 5.50. The molecule has 1 saturated heterocycles. The van der Waals surface area contributed by atoms with E-state index in [4.69, 9.17) is 12.2 Å². The van der Waals surface area contributed by atoms with Gasteiger partial charge in [0.2, 0.25) is 0 Å². The summed E-state index contributed by atoms with van der Waals surface area (Å²) in [5.74, 6) is 0. The van der Waals surface area contributed by atoms with Gasteiger partial charge in [-0.15, -0.1) is 0 Å². The van der Waals surface area contributed by atoms with Gasteiger partial charge in [0.25, 0.3) is 0 Å². The Kier molecular flexibility index (Phi) is 5.59. The van der Waals surface area contributed by atoms with E-state index >= 15 is 0 Å². The van der Waals surface area contributed by atoms with Crippen LogP contribution in [0.5, 0.6) is 0 Å². The van der Waals surface area contributed by atoms with Gasteiger partial charge in [0.15, 0.2) is 5.11 Å². The molecule has 1 fully saturated rings. The first-order valence-electron chi connectivity index (χ1n) is 9.02. The second kappa shape index (κ2) is 7.87. The standard InChI is InChI=1S/C21H27N3S/c1-15-6-7-16(2)20(14-15)23-21(25)22-17(3)18-8-10-19(11-9-18)24-12-4-5-13-24/h6-11,14,17H,4-5,12-13H2,1-3H3,(H2,22,23,25)/t17-/m0/s1. The van der Waals surface area contributed by atoms with E-state index in [2.05, 4.69) is 78.8 Å². The molecule has 0 aliphatic carbocycles. The average Bonchev–Trinajstić information content (AvgIpc) is 3.13. The highest BCUT2D eigenvalue weighted by Gasteiger charge is 2.13. The van der Waals surface area contributed by atoms with Gasteiger partial charge in [0, 0.05) is 24.5 Å². The number of nitrogens with zero attached hydrogens (tertiary/aromatic N) is 1. The van der Waals surface area contributed by atoms with Crippen LogP contribution in [0.15, 0.2) is 42.5 Å². The number of hydrogen-bond acceptors (Lipinski definition) is 2. The summed E-state index contributed by atoms with van der Waals surface area (Å²) in [5, 5.41) is 7.36. The predicted octanol–water partition coefficient (Wildman–Crippen LogP) is 4.95. The minimum Gasteiger partial charge on any atom is -0.372 e. The summed E-state index contributed by atoms with van der Waals surface area (Å²) in [6.07, 6.45) is 2.61. The molecule has 2 N–H and O–H groups in total. The molecular formula is C21H27N3S. The summed E-state index contributed by atoms with van der Waals surface area (Å²) < 4.78 is 0. The fourth-order valence-electron chi connectivity index (χ4n) is 3.26. The Hall–Kier alpha value is -2.07. The largest absolute Gasteiger partial charge is 0.372 e. The minimum atomic E-state index is 0.165. The van der Waals surface area contributed by atoms with Gasteiger partial charge in [-0.05, 0) is 80.7 Å². The third-order valence-corrected chi connectivity index (χ3v) is 5.07. The van der Waals surface area contributed by atoms with Gasteiger partial charge in [0.1, 0.15) is 0 Å². The Bertz CT molecular complexity index is 733. The lowest BCUT2D eigenvalue weighted by Gasteiger charge is -2.21. The van der Waals surface area contributed by atoms with E-state index in [0.717, 1.165) is 5.69 Å². The van der Waals surface area contributed by atoms with Gasteiger partial charge in [-0.2, -0.15) is 0 Å². The number of thiocarbonyl (C=S) groups is 1.